The maximum atomic E-state index is 10.8. The Morgan fingerprint density at radius 1 is 1.20 bits per heavy atom. The van der Waals surface area contributed by atoms with Gasteiger partial charge in [0.2, 0.25) is 0 Å². The maximum absolute atomic E-state index is 10.8. The predicted octanol–water partition coefficient (Wildman–Crippen LogP) is 3.96. The first-order chi connectivity index (χ1) is 9.23. The van der Waals surface area contributed by atoms with Crippen LogP contribution < -0.4 is 0 Å². The first kappa shape index (κ1) is 17.3. The zero-order valence-electron chi connectivity index (χ0n) is 12.2. The lowest BCUT2D eigenvalue weighted by Gasteiger charge is -2.17. The molecule has 0 aliphatic carbocycles. The lowest BCUT2D eigenvalue weighted by Crippen LogP contribution is -2.10. The lowest BCUT2D eigenvalue weighted by atomic mass is 9.92. The molecule has 0 heterocycles. The molecule has 0 fully saturated rings. The van der Waals surface area contributed by atoms with Crippen LogP contribution in [0.5, 0.6) is 5.75 Å². The molecule has 1 unspecified atom stereocenters. The Morgan fingerprint density at radius 2 is 1.65 bits per heavy atom. The lowest BCUT2D eigenvalue weighted by molar-refractivity contribution is -0.115. The van der Waals surface area contributed by atoms with Gasteiger partial charge in [-0.25, -0.2) is 0 Å². The summed E-state index contributed by atoms with van der Waals surface area (Å²) in [4.78, 5) is 10.8. The van der Waals surface area contributed by atoms with Crippen molar-refractivity contribution in [3.05, 3.63) is 28.8 Å². The summed E-state index contributed by atoms with van der Waals surface area (Å²) >= 11 is 6.31. The van der Waals surface area contributed by atoms with Crippen molar-refractivity contribution >= 4 is 28.6 Å². The first-order valence-corrected chi connectivity index (χ1v) is 8.01. The van der Waals surface area contributed by atoms with Crippen molar-refractivity contribution in [2.24, 2.45) is 0 Å². The van der Waals surface area contributed by atoms with E-state index in [1.54, 1.807) is 0 Å². The average Bonchev–Trinajstić information content (AvgIpc) is 2.35. The summed E-state index contributed by atoms with van der Waals surface area (Å²) in [7, 11) is 0. The Balaban J connectivity index is 3.05. The van der Waals surface area contributed by atoms with Crippen LogP contribution in [0.15, 0.2) is 12.1 Å². The number of phenols is 1. The third-order valence-electron chi connectivity index (χ3n) is 3.07. The zero-order chi connectivity index (χ0) is 15.4. The van der Waals surface area contributed by atoms with Crippen LogP contribution >= 0.6 is 23.4 Å². The monoisotopic (exact) mass is 316 g/mol. The van der Waals surface area contributed by atoms with Gasteiger partial charge in [0.25, 0.3) is 5.24 Å². The van der Waals surface area contributed by atoms with E-state index in [9.17, 15) is 15.0 Å². The molecule has 1 aromatic carbocycles. The molecule has 0 bridgehead atoms. The topological polar surface area (TPSA) is 57.5 Å². The van der Waals surface area contributed by atoms with Crippen molar-refractivity contribution < 1.29 is 15.0 Å². The van der Waals surface area contributed by atoms with Gasteiger partial charge in [0.15, 0.2) is 5.44 Å². The molecular formula is C15H21ClO3S. The number of benzene rings is 1. The standard InChI is InChI=1S/C15H21ClO3S/c1-8(2)11-5-10(7-20-15(19)14(16)18)6-12(9(3)4)13(11)17/h5-6,8-9,15,17,19H,7H2,1-4H3. The van der Waals surface area contributed by atoms with E-state index in [0.29, 0.717) is 11.5 Å². The van der Waals surface area contributed by atoms with Crippen LogP contribution in [0.3, 0.4) is 0 Å². The summed E-state index contributed by atoms with van der Waals surface area (Å²) in [6, 6.07) is 3.84. The Labute approximate surface area is 129 Å². The largest absolute Gasteiger partial charge is 0.507 e. The van der Waals surface area contributed by atoms with Gasteiger partial charge in [-0.3, -0.25) is 4.79 Å². The second-order valence-electron chi connectivity index (χ2n) is 5.40. The molecule has 2 N–H and O–H groups in total. The van der Waals surface area contributed by atoms with Gasteiger partial charge in [0.1, 0.15) is 5.75 Å². The van der Waals surface area contributed by atoms with Crippen LogP contribution in [0, 0.1) is 0 Å². The van der Waals surface area contributed by atoms with Crippen molar-refractivity contribution in [2.45, 2.75) is 50.7 Å². The van der Waals surface area contributed by atoms with Crippen molar-refractivity contribution in [1.82, 2.24) is 0 Å². The van der Waals surface area contributed by atoms with Gasteiger partial charge in [-0.15, -0.1) is 11.8 Å². The van der Waals surface area contributed by atoms with E-state index in [-0.39, 0.29) is 11.8 Å². The molecule has 1 rings (SSSR count). The van der Waals surface area contributed by atoms with Gasteiger partial charge in [-0.1, -0.05) is 39.8 Å². The molecule has 112 valence electrons. The highest BCUT2D eigenvalue weighted by Gasteiger charge is 2.17. The average molecular weight is 317 g/mol. The van der Waals surface area contributed by atoms with Gasteiger partial charge in [0.05, 0.1) is 0 Å². The number of aliphatic hydroxyl groups excluding tert-OH is 1. The molecule has 0 radical (unpaired) electrons. The zero-order valence-corrected chi connectivity index (χ0v) is 13.8. The van der Waals surface area contributed by atoms with E-state index in [1.165, 1.54) is 0 Å². The molecule has 3 nitrogen and oxygen atoms in total. The highest BCUT2D eigenvalue weighted by atomic mass is 35.5. The fourth-order valence-corrected chi connectivity index (χ4v) is 2.79. The van der Waals surface area contributed by atoms with Gasteiger partial charge >= 0.3 is 0 Å². The second-order valence-corrected chi connectivity index (χ2v) is 6.84. The summed E-state index contributed by atoms with van der Waals surface area (Å²) in [5, 5.41) is 19.0. The summed E-state index contributed by atoms with van der Waals surface area (Å²) in [5.74, 6) is 1.23. The van der Waals surface area contributed by atoms with E-state index in [2.05, 4.69) is 0 Å². The van der Waals surface area contributed by atoms with E-state index in [1.807, 2.05) is 39.8 Å². The number of hydrogen-bond acceptors (Lipinski definition) is 4. The highest BCUT2D eigenvalue weighted by Crippen LogP contribution is 2.35. The number of phenolic OH excluding ortho intramolecular Hbond substituents is 1. The number of carbonyl (C=O) groups is 1. The van der Waals surface area contributed by atoms with Crippen LogP contribution in [0.25, 0.3) is 0 Å². The molecule has 0 aliphatic heterocycles. The number of hydrogen-bond donors (Lipinski definition) is 2. The van der Waals surface area contributed by atoms with Crippen molar-refractivity contribution in [3.63, 3.8) is 0 Å². The van der Waals surface area contributed by atoms with E-state index in [4.69, 9.17) is 11.6 Å². The molecule has 0 aliphatic rings. The molecule has 0 amide bonds. The Bertz CT molecular complexity index is 457. The van der Waals surface area contributed by atoms with Crippen LogP contribution in [0.1, 0.15) is 56.2 Å². The molecule has 0 saturated heterocycles. The van der Waals surface area contributed by atoms with Gasteiger partial charge in [0, 0.05) is 5.75 Å². The number of aromatic hydroxyl groups is 1. The molecule has 0 spiro atoms. The molecule has 5 heteroatoms. The minimum Gasteiger partial charge on any atom is -0.507 e. The molecule has 1 aromatic rings. The number of halogens is 1. The molecule has 1 atom stereocenters. The van der Waals surface area contributed by atoms with E-state index >= 15 is 0 Å². The molecule has 0 aromatic heterocycles. The second kappa shape index (κ2) is 7.34. The third-order valence-corrected chi connectivity index (χ3v) is 4.44. The van der Waals surface area contributed by atoms with Crippen LogP contribution in [-0.4, -0.2) is 20.9 Å². The Kier molecular flexibility index (Phi) is 6.37. The minimum absolute atomic E-state index is 0.206. The number of rotatable bonds is 6. The Hall–Kier alpha value is -0.710. The molecule has 20 heavy (non-hydrogen) atoms. The quantitative estimate of drug-likeness (QED) is 0.616. The summed E-state index contributed by atoms with van der Waals surface area (Å²) in [6.45, 7) is 8.08. The normalized spacial score (nSPS) is 13.0. The predicted molar refractivity (Wildman–Crippen MR) is 84.4 cm³/mol. The van der Waals surface area contributed by atoms with Crippen molar-refractivity contribution in [3.8, 4) is 5.75 Å². The first-order valence-electron chi connectivity index (χ1n) is 6.58. The summed E-state index contributed by atoms with van der Waals surface area (Å²) in [6.07, 6.45) is 0. The number of carbonyl (C=O) groups excluding carboxylic acids is 1. The maximum Gasteiger partial charge on any atom is 0.260 e. The van der Waals surface area contributed by atoms with E-state index < -0.39 is 10.7 Å². The van der Waals surface area contributed by atoms with Crippen molar-refractivity contribution in [1.29, 1.82) is 0 Å². The van der Waals surface area contributed by atoms with Crippen molar-refractivity contribution in [2.75, 3.05) is 0 Å². The van der Waals surface area contributed by atoms with Gasteiger partial charge in [-0.05, 0) is 40.1 Å². The third kappa shape index (κ3) is 4.40. The van der Waals surface area contributed by atoms with E-state index in [0.717, 1.165) is 28.5 Å². The highest BCUT2D eigenvalue weighted by molar-refractivity contribution is 7.99. The van der Waals surface area contributed by atoms with Gasteiger partial charge in [-0.2, -0.15) is 0 Å². The fourth-order valence-electron chi connectivity index (χ4n) is 1.95. The van der Waals surface area contributed by atoms with Crippen LogP contribution in [0.2, 0.25) is 0 Å². The number of thioether (sulfide) groups is 1. The minimum atomic E-state index is -1.21. The Morgan fingerprint density at radius 3 is 2.00 bits per heavy atom. The smallest absolute Gasteiger partial charge is 0.260 e. The van der Waals surface area contributed by atoms with Crippen LogP contribution in [-0.2, 0) is 10.5 Å². The SMILES string of the molecule is CC(C)c1cc(CSC(O)C(=O)Cl)cc(C(C)C)c1O. The van der Waals surface area contributed by atoms with Crippen LogP contribution in [0.4, 0.5) is 0 Å². The fraction of sp³-hybridized carbons (Fsp3) is 0.533. The number of aliphatic hydroxyl groups is 1. The summed E-state index contributed by atoms with van der Waals surface area (Å²) < 4.78 is 0. The molecular weight excluding hydrogens is 296 g/mol. The summed E-state index contributed by atoms with van der Waals surface area (Å²) in [5.41, 5.74) is 1.53. The van der Waals surface area contributed by atoms with Gasteiger partial charge < -0.3 is 10.2 Å². The molecule has 0 saturated carbocycles.